The van der Waals surface area contributed by atoms with Crippen LogP contribution in [0.5, 0.6) is 0 Å². The average molecular weight is 555 g/mol. The van der Waals surface area contributed by atoms with E-state index in [1.165, 1.54) is 60.0 Å². The standard InChI is InChI=1S/C41H34N2/c42-26-27-15-17-34(18-16-27)43(33-11-5-2-6-12-33)35-24-37(30-9-3-1-4-10-30)40-36-13-7-8-14-38(36)41(39(40)25-35)31-20-28-19-29(22-31)23-32(41)21-28/h1-18,24-25,28-29,31-32H,19-23H2. The van der Waals surface area contributed by atoms with Gasteiger partial charge >= 0.3 is 0 Å². The third kappa shape index (κ3) is 3.58. The van der Waals surface area contributed by atoms with Crippen molar-refractivity contribution in [3.63, 3.8) is 0 Å². The van der Waals surface area contributed by atoms with Crippen LogP contribution in [-0.4, -0.2) is 0 Å². The van der Waals surface area contributed by atoms with Crippen LogP contribution in [0.25, 0.3) is 22.3 Å². The molecule has 0 heterocycles. The Bertz CT molecular complexity index is 1850. The summed E-state index contributed by atoms with van der Waals surface area (Å²) in [5.41, 5.74) is 12.8. The van der Waals surface area contributed by atoms with E-state index in [-0.39, 0.29) is 5.41 Å². The van der Waals surface area contributed by atoms with E-state index in [0.29, 0.717) is 17.4 Å². The molecular weight excluding hydrogens is 520 g/mol. The van der Waals surface area contributed by atoms with Crippen molar-refractivity contribution in [3.05, 3.63) is 138 Å². The Morgan fingerprint density at radius 1 is 0.558 bits per heavy atom. The molecule has 0 atom stereocenters. The molecule has 0 aliphatic heterocycles. The van der Waals surface area contributed by atoms with Gasteiger partial charge in [-0.15, -0.1) is 0 Å². The van der Waals surface area contributed by atoms with Gasteiger partial charge in [-0.25, -0.2) is 0 Å². The van der Waals surface area contributed by atoms with E-state index in [9.17, 15) is 5.26 Å². The molecule has 4 saturated carbocycles. The summed E-state index contributed by atoms with van der Waals surface area (Å²) in [5, 5.41) is 9.53. The summed E-state index contributed by atoms with van der Waals surface area (Å²) in [6, 6.07) is 46.5. The van der Waals surface area contributed by atoms with Crippen molar-refractivity contribution >= 4 is 17.1 Å². The molecule has 1 spiro atoms. The lowest BCUT2D eigenvalue weighted by Gasteiger charge is -2.61. The van der Waals surface area contributed by atoms with Gasteiger partial charge in [0.25, 0.3) is 0 Å². The molecule has 5 aromatic rings. The number of hydrogen-bond acceptors (Lipinski definition) is 2. The zero-order valence-electron chi connectivity index (χ0n) is 24.3. The maximum absolute atomic E-state index is 9.53. The number of benzene rings is 5. The van der Waals surface area contributed by atoms with Gasteiger partial charge in [0.15, 0.2) is 0 Å². The Balaban J connectivity index is 1.35. The first-order valence-corrected chi connectivity index (χ1v) is 15.9. The number of hydrogen-bond donors (Lipinski definition) is 0. The second kappa shape index (κ2) is 9.45. The van der Waals surface area contributed by atoms with E-state index in [2.05, 4.69) is 120 Å². The second-order valence-electron chi connectivity index (χ2n) is 13.3. The number of rotatable bonds is 4. The first-order valence-electron chi connectivity index (χ1n) is 15.9. The molecule has 5 aromatic carbocycles. The molecule has 0 amide bonds. The smallest absolute Gasteiger partial charge is 0.0991 e. The molecule has 208 valence electrons. The first-order chi connectivity index (χ1) is 21.2. The molecule has 0 saturated heterocycles. The highest BCUT2D eigenvalue weighted by Gasteiger charge is 2.61. The van der Waals surface area contributed by atoms with Crippen molar-refractivity contribution in [1.29, 1.82) is 5.26 Å². The summed E-state index contributed by atoms with van der Waals surface area (Å²) in [5.74, 6) is 3.20. The number of nitriles is 1. The van der Waals surface area contributed by atoms with Gasteiger partial charge in [0.2, 0.25) is 0 Å². The monoisotopic (exact) mass is 554 g/mol. The van der Waals surface area contributed by atoms with Gasteiger partial charge < -0.3 is 4.90 Å². The van der Waals surface area contributed by atoms with E-state index in [0.717, 1.165) is 23.2 Å². The molecule has 5 aliphatic rings. The van der Waals surface area contributed by atoms with Crippen LogP contribution in [0.15, 0.2) is 121 Å². The Morgan fingerprint density at radius 2 is 1.16 bits per heavy atom. The molecular formula is C41H34N2. The van der Waals surface area contributed by atoms with Crippen LogP contribution in [-0.2, 0) is 5.41 Å². The number of fused-ring (bicyclic) bond motifs is 3. The zero-order valence-corrected chi connectivity index (χ0v) is 24.3. The SMILES string of the molecule is N#Cc1ccc(N(c2ccccc2)c2cc(-c3ccccc3)c3c(c2)C2(c4ccccc4-3)C3CC4CC(C3)CC2C4)cc1. The van der Waals surface area contributed by atoms with Gasteiger partial charge in [0, 0.05) is 22.5 Å². The highest BCUT2D eigenvalue weighted by atomic mass is 15.1. The molecule has 0 N–H and O–H groups in total. The lowest BCUT2D eigenvalue weighted by atomic mass is 9.43. The Kier molecular flexibility index (Phi) is 5.48. The predicted octanol–water partition coefficient (Wildman–Crippen LogP) is 10.4. The topological polar surface area (TPSA) is 27.0 Å². The minimum atomic E-state index is 0.0753. The molecule has 0 aromatic heterocycles. The molecule has 2 heteroatoms. The summed E-state index contributed by atoms with van der Waals surface area (Å²) in [4.78, 5) is 2.39. The van der Waals surface area contributed by atoms with Gasteiger partial charge in [-0.3, -0.25) is 0 Å². The average Bonchev–Trinajstić information content (AvgIpc) is 3.35. The quantitative estimate of drug-likeness (QED) is 0.221. The summed E-state index contributed by atoms with van der Waals surface area (Å²) in [6.07, 6.45) is 6.91. The number of anilines is 3. The van der Waals surface area contributed by atoms with E-state index < -0.39 is 0 Å². The largest absolute Gasteiger partial charge is 0.310 e. The second-order valence-corrected chi connectivity index (χ2v) is 13.3. The van der Waals surface area contributed by atoms with Crippen molar-refractivity contribution in [2.75, 3.05) is 4.90 Å². The van der Waals surface area contributed by atoms with Crippen LogP contribution in [0.2, 0.25) is 0 Å². The Morgan fingerprint density at radius 3 is 1.84 bits per heavy atom. The summed E-state index contributed by atoms with van der Waals surface area (Å²) in [7, 11) is 0. The van der Waals surface area contributed by atoms with Crippen LogP contribution < -0.4 is 4.90 Å². The van der Waals surface area contributed by atoms with Crippen LogP contribution in [0.1, 0.15) is 48.8 Å². The highest BCUT2D eigenvalue weighted by molar-refractivity contribution is 5.96. The third-order valence-electron chi connectivity index (χ3n) is 11.2. The first kappa shape index (κ1) is 24.9. The highest BCUT2D eigenvalue weighted by Crippen LogP contribution is 2.70. The van der Waals surface area contributed by atoms with Crippen LogP contribution in [0, 0.1) is 35.0 Å². The normalized spacial score (nSPS) is 25.7. The maximum atomic E-state index is 9.53. The van der Waals surface area contributed by atoms with Gasteiger partial charge in [0.05, 0.1) is 11.6 Å². The van der Waals surface area contributed by atoms with Crippen LogP contribution in [0.3, 0.4) is 0 Å². The Hall–Kier alpha value is -4.61. The van der Waals surface area contributed by atoms with Crippen molar-refractivity contribution < 1.29 is 0 Å². The molecule has 2 nitrogen and oxygen atoms in total. The van der Waals surface area contributed by atoms with Gasteiger partial charge in [-0.1, -0.05) is 72.8 Å². The van der Waals surface area contributed by atoms with Crippen molar-refractivity contribution in [3.8, 4) is 28.3 Å². The number of para-hydroxylation sites is 1. The van der Waals surface area contributed by atoms with Gasteiger partial charge in [0.1, 0.15) is 0 Å². The summed E-state index contributed by atoms with van der Waals surface area (Å²) < 4.78 is 0. The molecule has 10 rings (SSSR count). The minimum Gasteiger partial charge on any atom is -0.310 e. The van der Waals surface area contributed by atoms with Gasteiger partial charge in [-0.2, -0.15) is 5.26 Å². The molecule has 4 bridgehead atoms. The van der Waals surface area contributed by atoms with Crippen molar-refractivity contribution in [2.45, 2.75) is 37.5 Å². The van der Waals surface area contributed by atoms with E-state index in [4.69, 9.17) is 0 Å². The number of nitrogens with zero attached hydrogens (tertiary/aromatic N) is 2. The van der Waals surface area contributed by atoms with Crippen LogP contribution >= 0.6 is 0 Å². The fourth-order valence-corrected chi connectivity index (χ4v) is 9.94. The lowest BCUT2D eigenvalue weighted by Crippen LogP contribution is -2.55. The van der Waals surface area contributed by atoms with Crippen molar-refractivity contribution in [1.82, 2.24) is 0 Å². The lowest BCUT2D eigenvalue weighted by molar-refractivity contribution is -0.0399. The van der Waals surface area contributed by atoms with E-state index >= 15 is 0 Å². The summed E-state index contributed by atoms with van der Waals surface area (Å²) in [6.45, 7) is 0. The summed E-state index contributed by atoms with van der Waals surface area (Å²) >= 11 is 0. The maximum Gasteiger partial charge on any atom is 0.0991 e. The molecule has 5 aliphatic carbocycles. The van der Waals surface area contributed by atoms with Crippen molar-refractivity contribution in [2.24, 2.45) is 23.7 Å². The van der Waals surface area contributed by atoms with E-state index in [1.807, 2.05) is 12.1 Å². The molecule has 0 unspecified atom stereocenters. The van der Waals surface area contributed by atoms with Gasteiger partial charge in [-0.05, 0) is 138 Å². The minimum absolute atomic E-state index is 0.0753. The fraction of sp³-hybridized carbons (Fsp3) is 0.244. The molecule has 4 fully saturated rings. The molecule has 43 heavy (non-hydrogen) atoms. The predicted molar refractivity (Wildman–Crippen MR) is 175 cm³/mol. The zero-order chi connectivity index (χ0) is 28.5. The molecule has 0 radical (unpaired) electrons. The van der Waals surface area contributed by atoms with E-state index in [1.54, 1.807) is 11.1 Å². The van der Waals surface area contributed by atoms with Crippen LogP contribution in [0.4, 0.5) is 17.1 Å². The Labute approximate surface area is 254 Å². The fourth-order valence-electron chi connectivity index (χ4n) is 9.94. The third-order valence-corrected chi connectivity index (χ3v) is 11.2.